The molecular formula is C11H15BrO. The average molecular weight is 243 g/mol. The average Bonchev–Trinajstić information content (AvgIpc) is 2.09. The number of halogens is 1. The van der Waals surface area contributed by atoms with Crippen molar-refractivity contribution in [2.24, 2.45) is 0 Å². The Morgan fingerprint density at radius 3 is 2.62 bits per heavy atom. The van der Waals surface area contributed by atoms with Crippen molar-refractivity contribution in [3.8, 4) is 0 Å². The Morgan fingerprint density at radius 1 is 1.31 bits per heavy atom. The summed E-state index contributed by atoms with van der Waals surface area (Å²) in [5.41, 5.74) is 3.85. The maximum absolute atomic E-state index is 8.74. The molecule has 0 fully saturated rings. The maximum Gasteiger partial charge on any atom is 0.0434 e. The number of aliphatic hydroxyl groups is 1. The Labute approximate surface area is 87.9 Å². The van der Waals surface area contributed by atoms with Crippen molar-refractivity contribution in [2.75, 3.05) is 6.61 Å². The van der Waals surface area contributed by atoms with Crippen molar-refractivity contribution in [1.29, 1.82) is 0 Å². The highest BCUT2D eigenvalue weighted by Crippen LogP contribution is 2.24. The minimum atomic E-state index is 0.263. The second-order valence-corrected chi connectivity index (χ2v) is 4.18. The maximum atomic E-state index is 8.74. The topological polar surface area (TPSA) is 20.2 Å². The minimum Gasteiger partial charge on any atom is -0.396 e. The van der Waals surface area contributed by atoms with Crippen molar-refractivity contribution in [3.05, 3.63) is 33.3 Å². The summed E-state index contributed by atoms with van der Waals surface area (Å²) in [5, 5.41) is 8.74. The third-order valence-corrected chi connectivity index (χ3v) is 3.21. The summed E-state index contributed by atoms with van der Waals surface area (Å²) >= 11 is 3.56. The van der Waals surface area contributed by atoms with Gasteiger partial charge in [-0.2, -0.15) is 0 Å². The zero-order valence-electron chi connectivity index (χ0n) is 8.10. The first-order valence-electron chi connectivity index (χ1n) is 4.51. The molecule has 1 N–H and O–H groups in total. The Bertz CT molecular complexity index is 294. The molecule has 0 radical (unpaired) electrons. The standard InChI is InChI=1S/C11H15BrO/c1-8-6-9(2)11(12)10(7-8)4-3-5-13/h6-7,13H,3-5H2,1-2H3. The van der Waals surface area contributed by atoms with Gasteiger partial charge in [-0.25, -0.2) is 0 Å². The van der Waals surface area contributed by atoms with Gasteiger partial charge < -0.3 is 5.11 Å². The molecule has 0 saturated heterocycles. The van der Waals surface area contributed by atoms with Crippen LogP contribution in [0.1, 0.15) is 23.1 Å². The molecule has 0 saturated carbocycles. The largest absolute Gasteiger partial charge is 0.396 e. The second-order valence-electron chi connectivity index (χ2n) is 3.38. The van der Waals surface area contributed by atoms with Gasteiger partial charge >= 0.3 is 0 Å². The van der Waals surface area contributed by atoms with Gasteiger partial charge in [0.2, 0.25) is 0 Å². The number of hydrogen-bond acceptors (Lipinski definition) is 1. The first kappa shape index (κ1) is 10.7. The molecule has 0 aliphatic carbocycles. The summed E-state index contributed by atoms with van der Waals surface area (Å²) in [4.78, 5) is 0. The van der Waals surface area contributed by atoms with Gasteiger partial charge in [0.15, 0.2) is 0 Å². The van der Waals surface area contributed by atoms with Gasteiger partial charge in [0.05, 0.1) is 0 Å². The number of aryl methyl sites for hydroxylation is 3. The van der Waals surface area contributed by atoms with Crippen LogP contribution in [0.25, 0.3) is 0 Å². The van der Waals surface area contributed by atoms with Gasteiger partial charge in [0, 0.05) is 11.1 Å². The van der Waals surface area contributed by atoms with E-state index in [-0.39, 0.29) is 6.61 Å². The van der Waals surface area contributed by atoms with E-state index in [1.807, 2.05) is 0 Å². The summed E-state index contributed by atoms with van der Waals surface area (Å²) in [6.07, 6.45) is 1.78. The quantitative estimate of drug-likeness (QED) is 0.865. The van der Waals surface area contributed by atoms with Crippen LogP contribution in [-0.2, 0) is 6.42 Å². The van der Waals surface area contributed by atoms with E-state index < -0.39 is 0 Å². The van der Waals surface area contributed by atoms with Gasteiger partial charge in [0.1, 0.15) is 0 Å². The van der Waals surface area contributed by atoms with Crippen molar-refractivity contribution >= 4 is 15.9 Å². The van der Waals surface area contributed by atoms with E-state index in [1.54, 1.807) is 0 Å². The SMILES string of the molecule is Cc1cc(C)c(Br)c(CCCO)c1. The molecule has 1 rings (SSSR count). The Kier molecular flexibility index (Phi) is 3.94. The molecule has 0 aliphatic heterocycles. The fourth-order valence-electron chi connectivity index (χ4n) is 1.49. The minimum absolute atomic E-state index is 0.263. The highest BCUT2D eigenvalue weighted by Gasteiger charge is 2.03. The fraction of sp³-hybridized carbons (Fsp3) is 0.455. The molecule has 0 atom stereocenters. The lowest BCUT2D eigenvalue weighted by Crippen LogP contribution is -1.93. The molecule has 0 aromatic heterocycles. The van der Waals surface area contributed by atoms with E-state index in [2.05, 4.69) is 41.9 Å². The molecule has 1 nitrogen and oxygen atoms in total. The molecule has 1 aromatic rings. The summed E-state index contributed by atoms with van der Waals surface area (Å²) in [6.45, 7) is 4.46. The summed E-state index contributed by atoms with van der Waals surface area (Å²) in [7, 11) is 0. The molecule has 1 aromatic carbocycles. The van der Waals surface area contributed by atoms with Crippen LogP contribution >= 0.6 is 15.9 Å². The zero-order chi connectivity index (χ0) is 9.84. The van der Waals surface area contributed by atoms with Crippen LogP contribution in [0, 0.1) is 13.8 Å². The molecule has 0 aliphatic rings. The molecule has 0 spiro atoms. The summed E-state index contributed by atoms with van der Waals surface area (Å²) < 4.78 is 1.19. The van der Waals surface area contributed by atoms with Crippen LogP contribution < -0.4 is 0 Å². The molecule has 13 heavy (non-hydrogen) atoms. The third-order valence-electron chi connectivity index (χ3n) is 2.08. The number of benzene rings is 1. The normalized spacial score (nSPS) is 10.5. The predicted molar refractivity (Wildman–Crippen MR) is 59.0 cm³/mol. The molecule has 0 heterocycles. The highest BCUT2D eigenvalue weighted by atomic mass is 79.9. The van der Waals surface area contributed by atoms with Gasteiger partial charge in [-0.1, -0.05) is 33.6 Å². The van der Waals surface area contributed by atoms with Crippen LogP contribution in [0.5, 0.6) is 0 Å². The molecule has 0 bridgehead atoms. The fourth-order valence-corrected chi connectivity index (χ4v) is 1.92. The number of hydrogen-bond donors (Lipinski definition) is 1. The molecule has 2 heteroatoms. The van der Waals surface area contributed by atoms with E-state index in [1.165, 1.54) is 21.2 Å². The van der Waals surface area contributed by atoms with Crippen LogP contribution in [0.3, 0.4) is 0 Å². The Balaban J connectivity index is 2.92. The number of aliphatic hydroxyl groups excluding tert-OH is 1. The summed E-state index contributed by atoms with van der Waals surface area (Å²) in [6, 6.07) is 4.33. The molecule has 0 amide bonds. The molecule has 0 unspecified atom stereocenters. The van der Waals surface area contributed by atoms with Crippen molar-refractivity contribution in [2.45, 2.75) is 26.7 Å². The molecule has 72 valence electrons. The smallest absolute Gasteiger partial charge is 0.0434 e. The first-order valence-corrected chi connectivity index (χ1v) is 5.31. The van der Waals surface area contributed by atoms with E-state index in [4.69, 9.17) is 5.11 Å². The number of rotatable bonds is 3. The van der Waals surface area contributed by atoms with E-state index >= 15 is 0 Å². The van der Waals surface area contributed by atoms with Crippen molar-refractivity contribution in [3.63, 3.8) is 0 Å². The van der Waals surface area contributed by atoms with E-state index in [9.17, 15) is 0 Å². The third kappa shape index (κ3) is 2.82. The van der Waals surface area contributed by atoms with E-state index in [0.717, 1.165) is 12.8 Å². The lowest BCUT2D eigenvalue weighted by atomic mass is 10.0. The van der Waals surface area contributed by atoms with Gasteiger partial charge in [-0.15, -0.1) is 0 Å². The highest BCUT2D eigenvalue weighted by molar-refractivity contribution is 9.10. The van der Waals surface area contributed by atoms with Gasteiger partial charge in [-0.3, -0.25) is 0 Å². The second kappa shape index (κ2) is 4.77. The monoisotopic (exact) mass is 242 g/mol. The van der Waals surface area contributed by atoms with Crippen LogP contribution in [0.15, 0.2) is 16.6 Å². The van der Waals surface area contributed by atoms with Crippen LogP contribution in [-0.4, -0.2) is 11.7 Å². The summed E-state index contributed by atoms with van der Waals surface area (Å²) in [5.74, 6) is 0. The molecular weight excluding hydrogens is 228 g/mol. The first-order chi connectivity index (χ1) is 6.15. The van der Waals surface area contributed by atoms with Crippen LogP contribution in [0.4, 0.5) is 0 Å². The Hall–Kier alpha value is -0.340. The van der Waals surface area contributed by atoms with Gasteiger partial charge in [0.25, 0.3) is 0 Å². The predicted octanol–water partition coefficient (Wildman–Crippen LogP) is 2.99. The Morgan fingerprint density at radius 2 is 2.00 bits per heavy atom. The lowest BCUT2D eigenvalue weighted by Gasteiger charge is -2.08. The van der Waals surface area contributed by atoms with Gasteiger partial charge in [-0.05, 0) is 37.8 Å². The zero-order valence-corrected chi connectivity index (χ0v) is 9.69. The van der Waals surface area contributed by atoms with Crippen molar-refractivity contribution in [1.82, 2.24) is 0 Å². The van der Waals surface area contributed by atoms with Crippen molar-refractivity contribution < 1.29 is 5.11 Å². The van der Waals surface area contributed by atoms with E-state index in [0.29, 0.717) is 0 Å². The lowest BCUT2D eigenvalue weighted by molar-refractivity contribution is 0.288. The van der Waals surface area contributed by atoms with Crippen LogP contribution in [0.2, 0.25) is 0 Å².